The molecular weight excluding hydrogens is 261 g/mol. The zero-order valence-electron chi connectivity index (χ0n) is 10.0. The third kappa shape index (κ3) is 3.15. The van der Waals surface area contributed by atoms with Gasteiger partial charge in [0, 0.05) is 19.3 Å². The van der Waals surface area contributed by atoms with Crippen LogP contribution in [0.1, 0.15) is 18.4 Å². The van der Waals surface area contributed by atoms with Gasteiger partial charge in [0.15, 0.2) is 0 Å². The second kappa shape index (κ2) is 5.07. The molecule has 0 bridgehead atoms. The maximum absolute atomic E-state index is 12.4. The number of nitrogens with zero attached hydrogens (tertiary/aromatic N) is 2. The van der Waals surface area contributed by atoms with E-state index in [1.807, 2.05) is 0 Å². The maximum Gasteiger partial charge on any atom is 0.417 e. The fourth-order valence-corrected chi connectivity index (χ4v) is 2.13. The molecule has 1 aliphatic rings. The van der Waals surface area contributed by atoms with Crippen LogP contribution in [-0.4, -0.2) is 29.1 Å². The van der Waals surface area contributed by atoms with Crippen molar-refractivity contribution < 1.29 is 23.1 Å². The van der Waals surface area contributed by atoms with E-state index < -0.39 is 23.6 Å². The summed E-state index contributed by atoms with van der Waals surface area (Å²) < 4.78 is 37.2. The van der Waals surface area contributed by atoms with Crippen LogP contribution >= 0.6 is 0 Å². The first kappa shape index (κ1) is 13.6. The average Bonchev–Trinajstić information content (AvgIpc) is 2.38. The van der Waals surface area contributed by atoms with Crippen molar-refractivity contribution in [2.75, 3.05) is 18.0 Å². The Balaban J connectivity index is 2.12. The highest BCUT2D eigenvalue weighted by Crippen LogP contribution is 2.30. The molecule has 1 aliphatic heterocycles. The van der Waals surface area contributed by atoms with Gasteiger partial charge in [0.2, 0.25) is 0 Å². The number of carboxylic acid groups (broad SMARTS) is 1. The van der Waals surface area contributed by atoms with Crippen molar-refractivity contribution in [3.63, 3.8) is 0 Å². The number of pyridine rings is 1. The zero-order valence-corrected chi connectivity index (χ0v) is 10.0. The Labute approximate surface area is 107 Å². The molecule has 0 radical (unpaired) electrons. The van der Waals surface area contributed by atoms with Gasteiger partial charge in [0.25, 0.3) is 0 Å². The monoisotopic (exact) mass is 274 g/mol. The summed E-state index contributed by atoms with van der Waals surface area (Å²) in [4.78, 5) is 16.4. The number of hydrogen-bond acceptors (Lipinski definition) is 3. The third-order valence-electron chi connectivity index (χ3n) is 3.17. The van der Waals surface area contributed by atoms with Crippen LogP contribution in [0.3, 0.4) is 0 Å². The Morgan fingerprint density at radius 1 is 1.42 bits per heavy atom. The molecule has 2 heterocycles. The molecule has 104 valence electrons. The highest BCUT2D eigenvalue weighted by Gasteiger charge is 2.31. The third-order valence-corrected chi connectivity index (χ3v) is 3.17. The van der Waals surface area contributed by atoms with E-state index in [1.54, 1.807) is 4.90 Å². The number of aromatic nitrogens is 1. The van der Waals surface area contributed by atoms with Gasteiger partial charge in [-0.25, -0.2) is 4.98 Å². The quantitative estimate of drug-likeness (QED) is 0.899. The number of halogens is 3. The molecule has 19 heavy (non-hydrogen) atoms. The van der Waals surface area contributed by atoms with Gasteiger partial charge in [-0.1, -0.05) is 0 Å². The number of aliphatic carboxylic acids is 1. The van der Waals surface area contributed by atoms with Crippen molar-refractivity contribution in [2.45, 2.75) is 19.0 Å². The van der Waals surface area contributed by atoms with Crippen molar-refractivity contribution in [2.24, 2.45) is 5.92 Å². The van der Waals surface area contributed by atoms with Crippen molar-refractivity contribution in [3.05, 3.63) is 23.9 Å². The molecule has 0 amide bonds. The lowest BCUT2D eigenvalue weighted by atomic mass is 9.98. The minimum Gasteiger partial charge on any atom is -0.481 e. The number of carbonyl (C=O) groups is 1. The van der Waals surface area contributed by atoms with E-state index in [0.29, 0.717) is 25.2 Å². The second-order valence-electron chi connectivity index (χ2n) is 4.53. The number of alkyl halides is 3. The summed E-state index contributed by atoms with van der Waals surface area (Å²) in [5.74, 6) is -0.978. The highest BCUT2D eigenvalue weighted by molar-refractivity contribution is 5.71. The second-order valence-corrected chi connectivity index (χ2v) is 4.53. The van der Waals surface area contributed by atoms with E-state index in [-0.39, 0.29) is 6.54 Å². The molecule has 2 rings (SSSR count). The number of piperidine rings is 1. The topological polar surface area (TPSA) is 53.4 Å². The molecule has 0 spiro atoms. The van der Waals surface area contributed by atoms with Crippen LogP contribution in [0.5, 0.6) is 0 Å². The van der Waals surface area contributed by atoms with Crippen LogP contribution in [-0.2, 0) is 11.0 Å². The molecule has 0 aliphatic carbocycles. The Morgan fingerprint density at radius 2 is 2.16 bits per heavy atom. The summed E-state index contributed by atoms with van der Waals surface area (Å²) in [6, 6.07) is 2.25. The summed E-state index contributed by atoms with van der Waals surface area (Å²) in [5.41, 5.74) is -0.803. The van der Waals surface area contributed by atoms with Crippen molar-refractivity contribution in [3.8, 4) is 0 Å². The van der Waals surface area contributed by atoms with E-state index in [9.17, 15) is 18.0 Å². The first-order chi connectivity index (χ1) is 8.88. The Hall–Kier alpha value is -1.79. The molecule has 0 aromatic carbocycles. The molecule has 4 nitrogen and oxygen atoms in total. The minimum atomic E-state index is -4.41. The van der Waals surface area contributed by atoms with E-state index in [0.717, 1.165) is 12.3 Å². The standard InChI is InChI=1S/C12H13F3N2O2/c13-12(14,15)9-3-4-10(16-6-9)17-5-1-2-8(7-17)11(18)19/h3-4,6,8H,1-2,5,7H2,(H,18,19). The lowest BCUT2D eigenvalue weighted by molar-refractivity contribution is -0.142. The molecule has 1 N–H and O–H groups in total. The van der Waals surface area contributed by atoms with Crippen molar-refractivity contribution in [1.29, 1.82) is 0 Å². The maximum atomic E-state index is 12.4. The largest absolute Gasteiger partial charge is 0.481 e. The summed E-state index contributed by atoms with van der Waals surface area (Å²) in [5, 5.41) is 8.96. The first-order valence-electron chi connectivity index (χ1n) is 5.89. The first-order valence-corrected chi connectivity index (χ1v) is 5.89. The van der Waals surface area contributed by atoms with Crippen LogP contribution < -0.4 is 4.90 Å². The van der Waals surface area contributed by atoms with Gasteiger partial charge in [-0.3, -0.25) is 4.79 Å². The fraction of sp³-hybridized carbons (Fsp3) is 0.500. The van der Waals surface area contributed by atoms with Crippen LogP contribution in [0, 0.1) is 5.92 Å². The zero-order chi connectivity index (χ0) is 14.0. The highest BCUT2D eigenvalue weighted by atomic mass is 19.4. The van der Waals surface area contributed by atoms with Crippen LogP contribution in [0.25, 0.3) is 0 Å². The van der Waals surface area contributed by atoms with Gasteiger partial charge < -0.3 is 10.0 Å². The van der Waals surface area contributed by atoms with Gasteiger partial charge in [0.1, 0.15) is 5.82 Å². The number of anilines is 1. The smallest absolute Gasteiger partial charge is 0.417 e. The van der Waals surface area contributed by atoms with Gasteiger partial charge in [0.05, 0.1) is 11.5 Å². The molecule has 1 aromatic heterocycles. The van der Waals surface area contributed by atoms with Crippen molar-refractivity contribution in [1.82, 2.24) is 4.98 Å². The molecule has 1 fully saturated rings. The predicted molar refractivity (Wildman–Crippen MR) is 61.8 cm³/mol. The number of carboxylic acids is 1. The Kier molecular flexibility index (Phi) is 3.64. The summed E-state index contributed by atoms with van der Waals surface area (Å²) in [6.45, 7) is 0.899. The summed E-state index contributed by atoms with van der Waals surface area (Å²) in [7, 11) is 0. The molecule has 1 aromatic rings. The summed E-state index contributed by atoms with van der Waals surface area (Å²) in [6.07, 6.45) is -2.34. The van der Waals surface area contributed by atoms with Crippen LogP contribution in [0.2, 0.25) is 0 Å². The van der Waals surface area contributed by atoms with Crippen LogP contribution in [0.15, 0.2) is 18.3 Å². The molecule has 1 saturated heterocycles. The van der Waals surface area contributed by atoms with Gasteiger partial charge >= 0.3 is 12.1 Å². The average molecular weight is 274 g/mol. The predicted octanol–water partition coefficient (Wildman–Crippen LogP) is 2.40. The molecule has 7 heteroatoms. The normalized spacial score (nSPS) is 20.4. The fourth-order valence-electron chi connectivity index (χ4n) is 2.13. The van der Waals surface area contributed by atoms with E-state index in [4.69, 9.17) is 5.11 Å². The Bertz CT molecular complexity index is 459. The van der Waals surface area contributed by atoms with Gasteiger partial charge in [-0.2, -0.15) is 13.2 Å². The summed E-state index contributed by atoms with van der Waals surface area (Å²) >= 11 is 0. The molecule has 0 saturated carbocycles. The van der Waals surface area contributed by atoms with Crippen LogP contribution in [0.4, 0.5) is 19.0 Å². The van der Waals surface area contributed by atoms with E-state index in [1.165, 1.54) is 6.07 Å². The SMILES string of the molecule is O=C(O)C1CCCN(c2ccc(C(F)(F)F)cn2)C1. The number of hydrogen-bond donors (Lipinski definition) is 1. The van der Waals surface area contributed by atoms with Crippen molar-refractivity contribution >= 4 is 11.8 Å². The lowest BCUT2D eigenvalue weighted by Crippen LogP contribution is -2.39. The van der Waals surface area contributed by atoms with E-state index >= 15 is 0 Å². The Morgan fingerprint density at radius 3 is 2.68 bits per heavy atom. The van der Waals surface area contributed by atoms with E-state index in [2.05, 4.69) is 4.98 Å². The van der Waals surface area contributed by atoms with Gasteiger partial charge in [-0.05, 0) is 25.0 Å². The van der Waals surface area contributed by atoms with Gasteiger partial charge in [-0.15, -0.1) is 0 Å². The minimum absolute atomic E-state index is 0.285. The molecular formula is C12H13F3N2O2. The number of rotatable bonds is 2. The molecule has 1 unspecified atom stereocenters. The lowest BCUT2D eigenvalue weighted by Gasteiger charge is -2.31. The molecule has 1 atom stereocenters.